The lowest BCUT2D eigenvalue weighted by atomic mass is 10.1. The number of aromatic nitrogens is 1. The molecule has 0 spiro atoms. The lowest BCUT2D eigenvalue weighted by molar-refractivity contribution is 0.449. The Morgan fingerprint density at radius 1 is 1.12 bits per heavy atom. The number of nitrogens with one attached hydrogen (secondary N) is 2. The summed E-state index contributed by atoms with van der Waals surface area (Å²) in [5.74, 6) is -0.837. The number of rotatable bonds is 2. The van der Waals surface area contributed by atoms with Gasteiger partial charge < -0.3 is 5.11 Å². The number of halogens is 1. The number of hydrogen-bond donors (Lipinski definition) is 3. The Morgan fingerprint density at radius 2 is 1.81 bits per heavy atom. The predicted octanol–water partition coefficient (Wildman–Crippen LogP) is 1.43. The van der Waals surface area contributed by atoms with Crippen LogP contribution in [-0.4, -0.2) is 15.9 Å². The van der Waals surface area contributed by atoms with Crippen LogP contribution in [0.4, 0.5) is 10.1 Å². The van der Waals surface area contributed by atoms with Crippen LogP contribution in [0, 0.1) is 11.2 Å². The predicted molar refractivity (Wildman–Crippen MR) is 95.2 cm³/mol. The second kappa shape index (κ2) is 5.96. The van der Waals surface area contributed by atoms with E-state index in [2.05, 4.69) is 10.1 Å². The Hall–Kier alpha value is -3.74. The van der Waals surface area contributed by atoms with Gasteiger partial charge in [0, 0.05) is 0 Å². The Labute approximate surface area is 146 Å². The number of nitrogens with zero attached hydrogens (tertiary/aromatic N) is 2. The average molecular weight is 348 g/mol. The fraction of sp³-hybridized carbons (Fsp3) is 0. The molecule has 0 unspecified atom stereocenters. The smallest absolute Gasteiger partial charge is 0.260 e. The van der Waals surface area contributed by atoms with E-state index in [0.29, 0.717) is 11.3 Å². The topological polar surface area (TPSA) is 92.5 Å². The van der Waals surface area contributed by atoms with Gasteiger partial charge >= 0.3 is 0 Å². The number of benzene rings is 2. The van der Waals surface area contributed by atoms with Crippen LogP contribution < -0.4 is 21.1 Å². The van der Waals surface area contributed by atoms with Crippen LogP contribution in [0.15, 0.2) is 64.5 Å². The first kappa shape index (κ1) is 15.8. The van der Waals surface area contributed by atoms with Crippen molar-refractivity contribution in [1.29, 1.82) is 5.41 Å². The second-order valence-electron chi connectivity index (χ2n) is 5.73. The maximum absolute atomic E-state index is 13.1. The Morgan fingerprint density at radius 3 is 2.50 bits per heavy atom. The van der Waals surface area contributed by atoms with Crippen LogP contribution >= 0.6 is 0 Å². The van der Waals surface area contributed by atoms with Crippen molar-refractivity contribution in [2.24, 2.45) is 5.10 Å². The maximum atomic E-state index is 13.1. The minimum Gasteiger partial charge on any atom is -0.494 e. The molecule has 0 atom stereocenters. The molecule has 0 saturated carbocycles. The molecule has 4 rings (SSSR count). The number of aromatic hydroxyl groups is 1. The summed E-state index contributed by atoms with van der Waals surface area (Å²) in [5, 5.41) is 24.6. The number of anilines is 1. The number of para-hydroxylation sites is 1. The van der Waals surface area contributed by atoms with Crippen LogP contribution in [0.5, 0.6) is 5.88 Å². The minimum absolute atomic E-state index is 0.0475. The number of pyridine rings is 1. The van der Waals surface area contributed by atoms with Gasteiger partial charge in [0.05, 0.1) is 10.9 Å². The minimum atomic E-state index is -0.544. The summed E-state index contributed by atoms with van der Waals surface area (Å²) in [4.78, 5) is 14.7. The zero-order chi connectivity index (χ0) is 18.3. The van der Waals surface area contributed by atoms with Crippen LogP contribution in [0.1, 0.15) is 11.1 Å². The van der Waals surface area contributed by atoms with Crippen molar-refractivity contribution in [3.05, 3.63) is 92.5 Å². The molecule has 6 nitrogen and oxygen atoms in total. The lowest BCUT2D eigenvalue weighted by Crippen LogP contribution is -2.42. The molecule has 7 heteroatoms. The van der Waals surface area contributed by atoms with Crippen molar-refractivity contribution in [1.82, 2.24) is 4.98 Å². The summed E-state index contributed by atoms with van der Waals surface area (Å²) >= 11 is 0. The maximum Gasteiger partial charge on any atom is 0.260 e. The van der Waals surface area contributed by atoms with Gasteiger partial charge in [-0.2, -0.15) is 5.10 Å². The van der Waals surface area contributed by atoms with Gasteiger partial charge in [0.15, 0.2) is 5.84 Å². The van der Waals surface area contributed by atoms with E-state index in [-0.39, 0.29) is 27.8 Å². The van der Waals surface area contributed by atoms with Crippen molar-refractivity contribution in [3.8, 4) is 5.88 Å². The fourth-order valence-electron chi connectivity index (χ4n) is 2.79. The lowest BCUT2D eigenvalue weighted by Gasteiger charge is -2.13. The van der Waals surface area contributed by atoms with E-state index < -0.39 is 11.4 Å². The van der Waals surface area contributed by atoms with E-state index in [1.807, 2.05) is 6.07 Å². The molecule has 2 aromatic carbocycles. The molecule has 0 fully saturated rings. The van der Waals surface area contributed by atoms with Gasteiger partial charge in [-0.25, -0.2) is 9.40 Å². The highest BCUT2D eigenvalue weighted by Crippen LogP contribution is 2.21. The van der Waals surface area contributed by atoms with Gasteiger partial charge in [-0.3, -0.25) is 15.2 Å². The number of H-pyrrole nitrogens is 1. The second-order valence-corrected chi connectivity index (χ2v) is 5.73. The van der Waals surface area contributed by atoms with E-state index in [1.165, 1.54) is 29.3 Å². The standard InChI is InChI=1S/C19H13FN4O2/c20-12-8-6-11(7-9-12)10-14-16-15(19(26)22-18(14)25)17(21)24(23-16)13-4-2-1-3-5-13/h1-10,21,26H,(H,22,25)/b14-10+,21-17?. The first-order valence-electron chi connectivity index (χ1n) is 7.80. The average Bonchev–Trinajstić information content (AvgIpc) is 2.99. The Balaban J connectivity index is 1.98. The van der Waals surface area contributed by atoms with Crippen LogP contribution in [0.2, 0.25) is 0 Å². The van der Waals surface area contributed by atoms with Crippen molar-refractivity contribution in [2.75, 3.05) is 5.01 Å². The van der Waals surface area contributed by atoms with Gasteiger partial charge in [0.1, 0.15) is 16.7 Å². The molecule has 0 saturated heterocycles. The normalized spacial score (nSPS) is 13.7. The van der Waals surface area contributed by atoms with Gasteiger partial charge in [0.25, 0.3) is 5.56 Å². The zero-order valence-corrected chi connectivity index (χ0v) is 13.4. The monoisotopic (exact) mass is 348 g/mol. The Bertz CT molecular complexity index is 1190. The summed E-state index contributed by atoms with van der Waals surface area (Å²) in [6, 6.07) is 14.6. The number of hydrogen-bond acceptors (Lipinski definition) is 4. The number of fused-ring (bicyclic) bond motifs is 1. The van der Waals surface area contributed by atoms with Gasteiger partial charge in [-0.05, 0) is 35.9 Å². The third kappa shape index (κ3) is 2.55. The van der Waals surface area contributed by atoms with Crippen LogP contribution in [0.3, 0.4) is 0 Å². The first-order chi connectivity index (χ1) is 12.5. The molecule has 0 radical (unpaired) electrons. The fourth-order valence-corrected chi connectivity index (χ4v) is 2.79. The third-order valence-corrected chi connectivity index (χ3v) is 4.04. The highest BCUT2D eigenvalue weighted by atomic mass is 19.1. The molecule has 3 aromatic rings. The molecule has 3 N–H and O–H groups in total. The van der Waals surface area contributed by atoms with Gasteiger partial charge in [-0.15, -0.1) is 0 Å². The zero-order valence-electron chi connectivity index (χ0n) is 13.4. The van der Waals surface area contributed by atoms with Gasteiger partial charge in [-0.1, -0.05) is 30.3 Å². The molecule has 1 aliphatic rings. The molecule has 1 aromatic heterocycles. The van der Waals surface area contributed by atoms with Crippen molar-refractivity contribution in [2.45, 2.75) is 0 Å². The molecule has 1 aliphatic heterocycles. The Kier molecular flexibility index (Phi) is 3.62. The highest BCUT2D eigenvalue weighted by molar-refractivity contribution is 6.10. The summed E-state index contributed by atoms with van der Waals surface area (Å²) in [7, 11) is 0. The third-order valence-electron chi connectivity index (χ3n) is 4.04. The molecule has 0 bridgehead atoms. The summed E-state index contributed by atoms with van der Waals surface area (Å²) in [6.45, 7) is 0. The van der Waals surface area contributed by atoms with Gasteiger partial charge in [0.2, 0.25) is 5.88 Å². The van der Waals surface area contributed by atoms with E-state index in [0.717, 1.165) is 0 Å². The summed E-state index contributed by atoms with van der Waals surface area (Å²) in [6.07, 6.45) is 1.54. The quantitative estimate of drug-likeness (QED) is 0.654. The molecule has 2 heterocycles. The number of aromatic amines is 1. The van der Waals surface area contributed by atoms with Crippen molar-refractivity contribution < 1.29 is 9.50 Å². The molecule has 128 valence electrons. The molecule has 0 aliphatic carbocycles. The number of amidine groups is 1. The van der Waals surface area contributed by atoms with Crippen LogP contribution in [0.25, 0.3) is 6.08 Å². The summed E-state index contributed by atoms with van der Waals surface area (Å²) in [5.41, 5.74) is 0.830. The van der Waals surface area contributed by atoms with Crippen molar-refractivity contribution in [3.63, 3.8) is 0 Å². The van der Waals surface area contributed by atoms with E-state index in [1.54, 1.807) is 30.3 Å². The molecular weight excluding hydrogens is 335 g/mol. The van der Waals surface area contributed by atoms with E-state index in [4.69, 9.17) is 5.41 Å². The van der Waals surface area contributed by atoms with Crippen LogP contribution in [-0.2, 0) is 0 Å². The molecule has 26 heavy (non-hydrogen) atoms. The molecular formula is C19H13FN4O2. The van der Waals surface area contributed by atoms with E-state index >= 15 is 0 Å². The van der Waals surface area contributed by atoms with Crippen molar-refractivity contribution >= 4 is 17.6 Å². The SMILES string of the molecule is N=C1c2c(O)[nH]c(=O)/c(=C/c3ccc(F)cc3)c2=NN1c1ccccc1. The highest BCUT2D eigenvalue weighted by Gasteiger charge is 2.26. The largest absolute Gasteiger partial charge is 0.494 e. The molecule has 0 amide bonds. The first-order valence-corrected chi connectivity index (χ1v) is 7.80. The summed E-state index contributed by atoms with van der Waals surface area (Å²) < 4.78 is 13.1. The van der Waals surface area contributed by atoms with E-state index in [9.17, 15) is 14.3 Å².